The van der Waals surface area contributed by atoms with Crippen LogP contribution < -0.4 is 0 Å². The highest BCUT2D eigenvalue weighted by molar-refractivity contribution is 5.79. The quantitative estimate of drug-likeness (QED) is 0.278. The van der Waals surface area contributed by atoms with Gasteiger partial charge in [-0.2, -0.15) is 0 Å². The van der Waals surface area contributed by atoms with Crippen LogP contribution in [-0.2, 0) is 14.6 Å². The second-order valence-electron chi connectivity index (χ2n) is 7.22. The largest absolute Gasteiger partial charge is 0.478 e. The Hall–Kier alpha value is -1.39. The number of carbonyl (C=O) groups is 1. The first-order chi connectivity index (χ1) is 12.4. The van der Waals surface area contributed by atoms with Crippen LogP contribution in [0.2, 0.25) is 0 Å². The first-order valence-corrected chi connectivity index (χ1v) is 10.0. The molecule has 148 valence electrons. The van der Waals surface area contributed by atoms with E-state index in [1.807, 2.05) is 6.92 Å². The van der Waals surface area contributed by atoms with Gasteiger partial charge in [0, 0.05) is 12.5 Å². The van der Waals surface area contributed by atoms with E-state index in [2.05, 4.69) is 45.9 Å². The fourth-order valence-corrected chi connectivity index (χ4v) is 3.40. The summed E-state index contributed by atoms with van der Waals surface area (Å²) in [7, 11) is 0. The summed E-state index contributed by atoms with van der Waals surface area (Å²) in [5.41, 5.74) is 0.213. The van der Waals surface area contributed by atoms with Crippen molar-refractivity contribution in [2.24, 2.45) is 5.92 Å². The molecule has 0 bridgehead atoms. The minimum Gasteiger partial charge on any atom is -0.478 e. The standard InChI is InChI=1S/C22H36O4/c1-6-11-12-18(7-2)15-19(8-3)16-22(10-5)17-21(9-4,25-26-22)14-13-20(23)24/h11-14,16,18H,6-10,15,17H2,1-5H3,(H,23,24)/b12-11+,14-13+,19-16+/t18-,21-,22+/m0/s1. The number of aliphatic carboxylic acids is 1. The molecule has 1 aliphatic heterocycles. The maximum absolute atomic E-state index is 10.9. The van der Waals surface area contributed by atoms with Crippen molar-refractivity contribution in [1.82, 2.24) is 0 Å². The van der Waals surface area contributed by atoms with Crippen LogP contribution in [0.15, 0.2) is 36.0 Å². The second kappa shape index (κ2) is 10.7. The lowest BCUT2D eigenvalue weighted by Crippen LogP contribution is -2.30. The first-order valence-electron chi connectivity index (χ1n) is 10.0. The van der Waals surface area contributed by atoms with Crippen molar-refractivity contribution in [3.63, 3.8) is 0 Å². The molecule has 1 N–H and O–H groups in total. The zero-order chi connectivity index (χ0) is 19.6. The van der Waals surface area contributed by atoms with Crippen LogP contribution in [0.3, 0.4) is 0 Å². The highest BCUT2D eigenvalue weighted by atomic mass is 17.2. The second-order valence-corrected chi connectivity index (χ2v) is 7.22. The van der Waals surface area contributed by atoms with Crippen LogP contribution >= 0.6 is 0 Å². The molecule has 0 unspecified atom stereocenters. The number of hydrogen-bond donors (Lipinski definition) is 1. The third kappa shape index (κ3) is 6.40. The lowest BCUT2D eigenvalue weighted by atomic mass is 9.81. The van der Waals surface area contributed by atoms with Gasteiger partial charge in [-0.15, -0.1) is 0 Å². The first kappa shape index (κ1) is 22.7. The van der Waals surface area contributed by atoms with Crippen molar-refractivity contribution >= 4 is 5.97 Å². The lowest BCUT2D eigenvalue weighted by molar-refractivity contribution is -0.333. The van der Waals surface area contributed by atoms with Gasteiger partial charge in [-0.3, -0.25) is 0 Å². The third-order valence-electron chi connectivity index (χ3n) is 5.31. The average molecular weight is 365 g/mol. The normalized spacial score (nSPS) is 28.3. The summed E-state index contributed by atoms with van der Waals surface area (Å²) in [6.45, 7) is 10.6. The number of carboxylic acids is 1. The van der Waals surface area contributed by atoms with Crippen LogP contribution in [0.1, 0.15) is 79.6 Å². The topological polar surface area (TPSA) is 55.8 Å². The van der Waals surface area contributed by atoms with Crippen LogP contribution in [0, 0.1) is 5.92 Å². The number of allylic oxidation sites excluding steroid dienone is 3. The lowest BCUT2D eigenvalue weighted by Gasteiger charge is -2.24. The van der Waals surface area contributed by atoms with Gasteiger partial charge < -0.3 is 5.11 Å². The molecule has 0 aromatic heterocycles. The minimum atomic E-state index is -0.964. The molecule has 0 radical (unpaired) electrons. The summed E-state index contributed by atoms with van der Waals surface area (Å²) in [5.74, 6) is -0.422. The molecule has 1 saturated heterocycles. The maximum Gasteiger partial charge on any atom is 0.328 e. The molecule has 1 fully saturated rings. The van der Waals surface area contributed by atoms with Crippen LogP contribution in [-0.4, -0.2) is 22.3 Å². The van der Waals surface area contributed by atoms with E-state index in [1.165, 1.54) is 5.57 Å². The zero-order valence-corrected chi connectivity index (χ0v) is 17.1. The minimum absolute atomic E-state index is 0.489. The Morgan fingerprint density at radius 2 is 1.77 bits per heavy atom. The fraction of sp³-hybridized carbons (Fsp3) is 0.682. The van der Waals surface area contributed by atoms with Crippen molar-refractivity contribution in [3.05, 3.63) is 36.0 Å². The monoisotopic (exact) mass is 364 g/mol. The molecular weight excluding hydrogens is 328 g/mol. The summed E-state index contributed by atoms with van der Waals surface area (Å²) >= 11 is 0. The van der Waals surface area contributed by atoms with E-state index in [-0.39, 0.29) is 0 Å². The Morgan fingerprint density at radius 3 is 2.27 bits per heavy atom. The zero-order valence-electron chi connectivity index (χ0n) is 17.1. The van der Waals surface area contributed by atoms with E-state index in [9.17, 15) is 4.79 Å². The Bertz CT molecular complexity index is 534. The average Bonchev–Trinajstić information content (AvgIpc) is 3.02. The Kier molecular flexibility index (Phi) is 9.31. The Morgan fingerprint density at radius 1 is 1.12 bits per heavy atom. The van der Waals surface area contributed by atoms with Gasteiger partial charge in [-0.05, 0) is 50.5 Å². The van der Waals surface area contributed by atoms with Crippen molar-refractivity contribution < 1.29 is 19.7 Å². The Labute approximate surface area is 158 Å². The van der Waals surface area contributed by atoms with Crippen molar-refractivity contribution in [2.45, 2.75) is 90.8 Å². The van der Waals surface area contributed by atoms with E-state index >= 15 is 0 Å². The molecule has 0 amide bonds. The third-order valence-corrected chi connectivity index (χ3v) is 5.31. The van der Waals surface area contributed by atoms with E-state index in [4.69, 9.17) is 14.9 Å². The van der Waals surface area contributed by atoms with Gasteiger partial charge in [0.25, 0.3) is 0 Å². The van der Waals surface area contributed by atoms with Crippen molar-refractivity contribution in [2.75, 3.05) is 0 Å². The molecule has 4 heteroatoms. The van der Waals surface area contributed by atoms with Gasteiger partial charge in [0.05, 0.1) is 0 Å². The Balaban J connectivity index is 3.02. The van der Waals surface area contributed by atoms with Gasteiger partial charge in [-0.1, -0.05) is 58.4 Å². The molecule has 0 spiro atoms. The summed E-state index contributed by atoms with van der Waals surface area (Å²) < 4.78 is 0. The predicted octanol–water partition coefficient (Wildman–Crippen LogP) is 6.00. The molecule has 3 atom stereocenters. The summed E-state index contributed by atoms with van der Waals surface area (Å²) in [6.07, 6.45) is 15.9. The van der Waals surface area contributed by atoms with E-state index in [0.717, 1.165) is 38.2 Å². The van der Waals surface area contributed by atoms with E-state index < -0.39 is 17.2 Å². The van der Waals surface area contributed by atoms with Crippen molar-refractivity contribution in [3.8, 4) is 0 Å². The van der Waals surface area contributed by atoms with Gasteiger partial charge in [0.15, 0.2) is 0 Å². The molecule has 26 heavy (non-hydrogen) atoms. The summed E-state index contributed by atoms with van der Waals surface area (Å²) in [5, 5.41) is 8.95. The SMILES string of the molecule is CC/C=C/[C@H](CC)C/C(=C/[C@]1(CC)C[C@@](/C=C/C(=O)O)(CC)OO1)CC. The molecule has 0 saturated carbocycles. The van der Waals surface area contributed by atoms with Crippen LogP contribution in [0.25, 0.3) is 0 Å². The molecule has 0 aromatic carbocycles. The van der Waals surface area contributed by atoms with Crippen LogP contribution in [0.5, 0.6) is 0 Å². The number of carboxylic acid groups (broad SMARTS) is 1. The van der Waals surface area contributed by atoms with Crippen molar-refractivity contribution in [1.29, 1.82) is 0 Å². The highest BCUT2D eigenvalue weighted by Crippen LogP contribution is 2.43. The number of rotatable bonds is 11. The smallest absolute Gasteiger partial charge is 0.328 e. The molecule has 4 nitrogen and oxygen atoms in total. The van der Waals surface area contributed by atoms with E-state index in [0.29, 0.717) is 18.8 Å². The number of hydrogen-bond acceptors (Lipinski definition) is 3. The van der Waals surface area contributed by atoms with Gasteiger partial charge in [0.1, 0.15) is 11.2 Å². The molecule has 0 aromatic rings. The highest BCUT2D eigenvalue weighted by Gasteiger charge is 2.47. The van der Waals surface area contributed by atoms with Gasteiger partial charge in [0.2, 0.25) is 0 Å². The molecule has 0 aliphatic carbocycles. The van der Waals surface area contributed by atoms with Gasteiger partial charge in [-0.25, -0.2) is 14.6 Å². The van der Waals surface area contributed by atoms with Crippen LogP contribution in [0.4, 0.5) is 0 Å². The van der Waals surface area contributed by atoms with E-state index in [1.54, 1.807) is 6.08 Å². The summed E-state index contributed by atoms with van der Waals surface area (Å²) in [4.78, 5) is 22.4. The molecule has 1 heterocycles. The molecular formula is C22H36O4. The fourth-order valence-electron chi connectivity index (χ4n) is 3.40. The molecule has 1 aliphatic rings. The maximum atomic E-state index is 10.9. The predicted molar refractivity (Wildman–Crippen MR) is 106 cm³/mol. The summed E-state index contributed by atoms with van der Waals surface area (Å²) in [6, 6.07) is 0. The van der Waals surface area contributed by atoms with Gasteiger partial charge >= 0.3 is 5.97 Å². The molecule has 1 rings (SSSR count).